The van der Waals surface area contributed by atoms with E-state index in [0.29, 0.717) is 5.92 Å². The molecule has 4 heteroatoms. The molecule has 1 aromatic rings. The Hall–Kier alpha value is -0.700. The summed E-state index contributed by atoms with van der Waals surface area (Å²) in [7, 11) is 0. The normalized spacial score (nSPS) is 14.9. The molecule has 0 fully saturated rings. The molecule has 0 aliphatic heterocycles. The van der Waals surface area contributed by atoms with Crippen LogP contribution in [-0.2, 0) is 0 Å². The molecular formula is C13H24ClN3. The zero-order valence-corrected chi connectivity index (χ0v) is 12.1. The minimum Gasteiger partial charge on any atom is -0.368 e. The average molecular weight is 258 g/mol. The van der Waals surface area contributed by atoms with E-state index in [1.54, 1.807) is 0 Å². The summed E-state index contributed by atoms with van der Waals surface area (Å²) in [4.78, 5) is -0.185. The summed E-state index contributed by atoms with van der Waals surface area (Å²) >= 11 is 6.47. The van der Waals surface area contributed by atoms with Crippen LogP contribution in [0.1, 0.15) is 58.4 Å². The fraction of sp³-hybridized carbons (Fsp3) is 0.769. The SMILES string of the molecule is CCCCC(C)(Cl)CNc1[nH]ncc1C(C)C. The number of rotatable bonds is 7. The summed E-state index contributed by atoms with van der Waals surface area (Å²) in [5.74, 6) is 1.47. The summed E-state index contributed by atoms with van der Waals surface area (Å²) in [6.45, 7) is 9.35. The number of aromatic nitrogens is 2. The fourth-order valence-corrected chi connectivity index (χ4v) is 1.98. The largest absolute Gasteiger partial charge is 0.368 e. The average Bonchev–Trinajstić information content (AvgIpc) is 2.72. The number of aromatic amines is 1. The first-order chi connectivity index (χ1) is 7.96. The zero-order valence-electron chi connectivity index (χ0n) is 11.3. The summed E-state index contributed by atoms with van der Waals surface area (Å²) in [5, 5.41) is 10.4. The van der Waals surface area contributed by atoms with Crippen LogP contribution in [0.25, 0.3) is 0 Å². The lowest BCUT2D eigenvalue weighted by Crippen LogP contribution is -2.27. The first-order valence-electron chi connectivity index (χ1n) is 6.42. The van der Waals surface area contributed by atoms with E-state index in [-0.39, 0.29) is 4.87 Å². The third-order valence-electron chi connectivity index (χ3n) is 2.98. The van der Waals surface area contributed by atoms with E-state index in [9.17, 15) is 0 Å². The second kappa shape index (κ2) is 6.29. The Morgan fingerprint density at radius 3 is 2.82 bits per heavy atom. The lowest BCUT2D eigenvalue weighted by Gasteiger charge is -2.23. The number of hydrogen-bond acceptors (Lipinski definition) is 2. The number of anilines is 1. The van der Waals surface area contributed by atoms with Gasteiger partial charge in [-0.3, -0.25) is 5.10 Å². The molecule has 1 heterocycles. The van der Waals surface area contributed by atoms with E-state index in [1.807, 2.05) is 6.20 Å². The van der Waals surface area contributed by atoms with Crippen molar-refractivity contribution in [3.8, 4) is 0 Å². The van der Waals surface area contributed by atoms with Crippen molar-refractivity contribution in [2.24, 2.45) is 0 Å². The monoisotopic (exact) mass is 257 g/mol. The Balaban J connectivity index is 2.52. The predicted molar refractivity (Wildman–Crippen MR) is 74.9 cm³/mol. The van der Waals surface area contributed by atoms with E-state index < -0.39 is 0 Å². The summed E-state index contributed by atoms with van der Waals surface area (Å²) in [6, 6.07) is 0. The van der Waals surface area contributed by atoms with Crippen LogP contribution >= 0.6 is 11.6 Å². The van der Waals surface area contributed by atoms with Crippen molar-refractivity contribution >= 4 is 17.4 Å². The number of alkyl halides is 1. The van der Waals surface area contributed by atoms with Crippen LogP contribution in [0.4, 0.5) is 5.82 Å². The fourth-order valence-electron chi connectivity index (χ4n) is 1.78. The second-order valence-electron chi connectivity index (χ2n) is 5.23. The lowest BCUT2D eigenvalue weighted by molar-refractivity contribution is 0.562. The maximum Gasteiger partial charge on any atom is 0.124 e. The number of nitrogens with zero attached hydrogens (tertiary/aromatic N) is 1. The molecule has 0 bridgehead atoms. The van der Waals surface area contributed by atoms with Crippen LogP contribution in [0.2, 0.25) is 0 Å². The van der Waals surface area contributed by atoms with Gasteiger partial charge < -0.3 is 5.32 Å². The van der Waals surface area contributed by atoms with Gasteiger partial charge in [0, 0.05) is 12.1 Å². The molecule has 0 aromatic carbocycles. The molecule has 1 rings (SSSR count). The van der Waals surface area contributed by atoms with Gasteiger partial charge in [0.05, 0.1) is 11.1 Å². The highest BCUT2D eigenvalue weighted by Gasteiger charge is 2.20. The topological polar surface area (TPSA) is 40.7 Å². The van der Waals surface area contributed by atoms with Gasteiger partial charge in [-0.15, -0.1) is 11.6 Å². The third kappa shape index (κ3) is 4.58. The maximum absolute atomic E-state index is 6.47. The van der Waals surface area contributed by atoms with E-state index in [4.69, 9.17) is 11.6 Å². The van der Waals surface area contributed by atoms with Crippen molar-refractivity contribution in [2.45, 2.75) is 57.7 Å². The molecular weight excluding hydrogens is 234 g/mol. The molecule has 1 atom stereocenters. The molecule has 0 radical (unpaired) electrons. The molecule has 0 saturated carbocycles. The number of H-pyrrole nitrogens is 1. The van der Waals surface area contributed by atoms with Crippen molar-refractivity contribution in [1.82, 2.24) is 10.2 Å². The van der Waals surface area contributed by atoms with Gasteiger partial charge in [0.1, 0.15) is 5.82 Å². The number of hydrogen-bond donors (Lipinski definition) is 2. The second-order valence-corrected chi connectivity index (χ2v) is 6.14. The molecule has 0 spiro atoms. The van der Waals surface area contributed by atoms with Crippen molar-refractivity contribution in [3.05, 3.63) is 11.8 Å². The quantitative estimate of drug-likeness (QED) is 0.721. The van der Waals surface area contributed by atoms with Crippen LogP contribution in [0.3, 0.4) is 0 Å². The number of nitrogens with one attached hydrogen (secondary N) is 2. The van der Waals surface area contributed by atoms with Gasteiger partial charge in [-0.2, -0.15) is 5.10 Å². The third-order valence-corrected chi connectivity index (χ3v) is 3.30. The zero-order chi connectivity index (χ0) is 12.9. The van der Waals surface area contributed by atoms with Gasteiger partial charge in [-0.1, -0.05) is 33.6 Å². The van der Waals surface area contributed by atoms with Crippen molar-refractivity contribution in [2.75, 3.05) is 11.9 Å². The van der Waals surface area contributed by atoms with E-state index in [1.165, 1.54) is 18.4 Å². The van der Waals surface area contributed by atoms with Gasteiger partial charge in [0.15, 0.2) is 0 Å². The molecule has 3 nitrogen and oxygen atoms in total. The summed E-state index contributed by atoms with van der Waals surface area (Å²) in [5.41, 5.74) is 1.22. The van der Waals surface area contributed by atoms with Gasteiger partial charge in [-0.25, -0.2) is 0 Å². The standard InChI is InChI=1S/C13H24ClN3/c1-5-6-7-13(4,14)9-15-12-11(10(2)3)8-16-17-12/h8,10H,5-7,9H2,1-4H3,(H2,15,16,17). The Morgan fingerprint density at radius 2 is 2.24 bits per heavy atom. The highest BCUT2D eigenvalue weighted by atomic mass is 35.5. The predicted octanol–water partition coefficient (Wildman–Crippen LogP) is 4.13. The molecule has 17 heavy (non-hydrogen) atoms. The molecule has 0 saturated heterocycles. The van der Waals surface area contributed by atoms with Gasteiger partial charge in [0.2, 0.25) is 0 Å². The Labute approximate surface area is 109 Å². The minimum absolute atomic E-state index is 0.185. The van der Waals surface area contributed by atoms with E-state index >= 15 is 0 Å². The molecule has 1 aromatic heterocycles. The van der Waals surface area contributed by atoms with Crippen LogP contribution < -0.4 is 5.32 Å². The minimum atomic E-state index is -0.185. The van der Waals surface area contributed by atoms with Crippen LogP contribution in [0, 0.1) is 0 Å². The van der Waals surface area contributed by atoms with Crippen LogP contribution in [-0.4, -0.2) is 21.6 Å². The smallest absolute Gasteiger partial charge is 0.124 e. The van der Waals surface area contributed by atoms with Gasteiger partial charge >= 0.3 is 0 Å². The highest BCUT2D eigenvalue weighted by molar-refractivity contribution is 6.24. The van der Waals surface area contributed by atoms with Crippen molar-refractivity contribution < 1.29 is 0 Å². The van der Waals surface area contributed by atoms with Crippen LogP contribution in [0.15, 0.2) is 6.20 Å². The Morgan fingerprint density at radius 1 is 1.53 bits per heavy atom. The number of halogens is 1. The van der Waals surface area contributed by atoms with Crippen LogP contribution in [0.5, 0.6) is 0 Å². The molecule has 98 valence electrons. The van der Waals surface area contributed by atoms with Gasteiger partial charge in [-0.05, 0) is 19.3 Å². The molecule has 2 N–H and O–H groups in total. The Bertz CT molecular complexity index is 331. The summed E-state index contributed by atoms with van der Waals surface area (Å²) in [6.07, 6.45) is 5.26. The highest BCUT2D eigenvalue weighted by Crippen LogP contribution is 2.25. The van der Waals surface area contributed by atoms with E-state index in [0.717, 1.165) is 18.8 Å². The lowest BCUT2D eigenvalue weighted by atomic mass is 10.0. The first-order valence-corrected chi connectivity index (χ1v) is 6.80. The molecule has 0 aliphatic carbocycles. The number of unbranched alkanes of at least 4 members (excludes halogenated alkanes) is 1. The van der Waals surface area contributed by atoms with Crippen molar-refractivity contribution in [3.63, 3.8) is 0 Å². The summed E-state index contributed by atoms with van der Waals surface area (Å²) < 4.78 is 0. The molecule has 0 aliphatic rings. The van der Waals surface area contributed by atoms with Gasteiger partial charge in [0.25, 0.3) is 0 Å². The van der Waals surface area contributed by atoms with E-state index in [2.05, 4.69) is 43.2 Å². The maximum atomic E-state index is 6.47. The first kappa shape index (κ1) is 14.4. The Kier molecular flexibility index (Phi) is 5.31. The molecule has 1 unspecified atom stereocenters. The molecule has 0 amide bonds. The van der Waals surface area contributed by atoms with Crippen molar-refractivity contribution in [1.29, 1.82) is 0 Å².